The standard InChI is InChI=1S/C32H25N3O4S/c1-37-31(36)22-9-7-8-21(20-22)27-17-18-28(39-27)30-29(26-12-5-6-19-33-26)34-32(40)35(30)23-13-15-25(16-14-23)38-24-10-3-2-4-11-24/h2-20,29-30H,1H3,(H,34,40). The highest BCUT2D eigenvalue weighted by atomic mass is 32.1. The van der Waals surface area contributed by atoms with Crippen LogP contribution < -0.4 is 15.0 Å². The van der Waals surface area contributed by atoms with Crippen LogP contribution in [0.25, 0.3) is 11.3 Å². The molecule has 2 atom stereocenters. The van der Waals surface area contributed by atoms with E-state index in [2.05, 4.69) is 10.3 Å². The maximum absolute atomic E-state index is 12.1. The van der Waals surface area contributed by atoms with Crippen molar-refractivity contribution >= 4 is 29.0 Å². The zero-order valence-electron chi connectivity index (χ0n) is 21.6. The Balaban J connectivity index is 1.35. The molecule has 2 aromatic heterocycles. The molecule has 1 aliphatic rings. The van der Waals surface area contributed by atoms with Gasteiger partial charge in [-0.25, -0.2) is 4.79 Å². The summed E-state index contributed by atoms with van der Waals surface area (Å²) in [6.07, 6.45) is 1.77. The third-order valence-electron chi connectivity index (χ3n) is 6.68. The molecule has 1 saturated heterocycles. The molecule has 7 nitrogen and oxygen atoms in total. The smallest absolute Gasteiger partial charge is 0.337 e. The number of thiocarbonyl (C=S) groups is 1. The molecule has 8 heteroatoms. The number of ether oxygens (including phenoxy) is 2. The molecule has 5 aromatic rings. The van der Waals surface area contributed by atoms with Crippen molar-refractivity contribution in [3.63, 3.8) is 0 Å². The van der Waals surface area contributed by atoms with E-state index in [0.717, 1.165) is 28.4 Å². The van der Waals surface area contributed by atoms with Gasteiger partial charge in [0.05, 0.1) is 24.4 Å². The average Bonchev–Trinajstić information content (AvgIpc) is 3.63. The fourth-order valence-electron chi connectivity index (χ4n) is 4.81. The highest BCUT2D eigenvalue weighted by Crippen LogP contribution is 2.43. The van der Waals surface area contributed by atoms with E-state index < -0.39 is 5.97 Å². The highest BCUT2D eigenvalue weighted by Gasteiger charge is 2.42. The first kappa shape index (κ1) is 25.3. The quantitative estimate of drug-likeness (QED) is 0.171. The van der Waals surface area contributed by atoms with Crippen LogP contribution in [0.1, 0.15) is 33.9 Å². The molecule has 3 heterocycles. The molecule has 1 fully saturated rings. The Morgan fingerprint density at radius 2 is 1.68 bits per heavy atom. The predicted octanol–water partition coefficient (Wildman–Crippen LogP) is 7.10. The van der Waals surface area contributed by atoms with Gasteiger partial charge in [0.15, 0.2) is 5.11 Å². The maximum atomic E-state index is 12.1. The number of benzene rings is 3. The Labute approximate surface area is 237 Å². The van der Waals surface area contributed by atoms with Gasteiger partial charge in [-0.1, -0.05) is 36.4 Å². The van der Waals surface area contributed by atoms with E-state index >= 15 is 0 Å². The Morgan fingerprint density at radius 1 is 0.900 bits per heavy atom. The molecule has 3 aromatic carbocycles. The van der Waals surface area contributed by atoms with Gasteiger partial charge in [0.25, 0.3) is 0 Å². The number of carbonyl (C=O) groups is 1. The van der Waals surface area contributed by atoms with Gasteiger partial charge in [0.2, 0.25) is 0 Å². The molecule has 1 N–H and O–H groups in total. The molecular weight excluding hydrogens is 522 g/mol. The molecule has 40 heavy (non-hydrogen) atoms. The maximum Gasteiger partial charge on any atom is 0.337 e. The molecule has 0 bridgehead atoms. The number of esters is 1. The van der Waals surface area contributed by atoms with Crippen LogP contribution >= 0.6 is 12.2 Å². The number of nitrogens with zero attached hydrogens (tertiary/aromatic N) is 2. The van der Waals surface area contributed by atoms with Gasteiger partial charge >= 0.3 is 5.97 Å². The first-order valence-corrected chi connectivity index (χ1v) is 13.1. The lowest BCUT2D eigenvalue weighted by atomic mass is 10.0. The lowest BCUT2D eigenvalue weighted by Gasteiger charge is -2.26. The van der Waals surface area contributed by atoms with E-state index in [0.29, 0.717) is 22.2 Å². The van der Waals surface area contributed by atoms with Gasteiger partial charge in [0.1, 0.15) is 29.1 Å². The van der Waals surface area contributed by atoms with Crippen LogP contribution in [0, 0.1) is 0 Å². The zero-order chi connectivity index (χ0) is 27.5. The van der Waals surface area contributed by atoms with Crippen molar-refractivity contribution in [2.75, 3.05) is 12.0 Å². The summed E-state index contributed by atoms with van der Waals surface area (Å²) in [6, 6.07) is 33.7. The van der Waals surface area contributed by atoms with Crippen LogP contribution in [-0.4, -0.2) is 23.2 Å². The van der Waals surface area contributed by atoms with Crippen molar-refractivity contribution in [3.8, 4) is 22.8 Å². The molecule has 0 radical (unpaired) electrons. The first-order chi connectivity index (χ1) is 19.6. The summed E-state index contributed by atoms with van der Waals surface area (Å²) in [5, 5.41) is 4.00. The Kier molecular flexibility index (Phi) is 6.99. The van der Waals surface area contributed by atoms with Crippen LogP contribution in [0.2, 0.25) is 0 Å². The van der Waals surface area contributed by atoms with Crippen molar-refractivity contribution in [1.29, 1.82) is 0 Å². The number of carbonyl (C=O) groups excluding carboxylic acids is 1. The summed E-state index contributed by atoms with van der Waals surface area (Å²) in [5.74, 6) is 2.41. The number of hydrogen-bond donors (Lipinski definition) is 1. The SMILES string of the molecule is COC(=O)c1cccc(-c2ccc(C3C(c4ccccn4)NC(=S)N3c3ccc(Oc4ccccc4)cc3)o2)c1. The number of rotatable bonds is 7. The molecular formula is C32H25N3O4S. The van der Waals surface area contributed by atoms with Crippen molar-refractivity contribution < 1.29 is 18.7 Å². The van der Waals surface area contributed by atoms with Crippen LogP contribution in [0.4, 0.5) is 5.69 Å². The van der Waals surface area contributed by atoms with Gasteiger partial charge in [-0.2, -0.15) is 0 Å². The van der Waals surface area contributed by atoms with Crippen molar-refractivity contribution in [2.24, 2.45) is 0 Å². The zero-order valence-corrected chi connectivity index (χ0v) is 22.4. The number of furan rings is 1. The molecule has 0 spiro atoms. The van der Waals surface area contributed by atoms with Crippen LogP contribution in [0.3, 0.4) is 0 Å². The van der Waals surface area contributed by atoms with E-state index in [1.165, 1.54) is 7.11 Å². The van der Waals surface area contributed by atoms with Crippen molar-refractivity contribution in [2.45, 2.75) is 12.1 Å². The minimum atomic E-state index is -0.403. The van der Waals surface area contributed by atoms with Gasteiger partial charge in [-0.15, -0.1) is 0 Å². The summed E-state index contributed by atoms with van der Waals surface area (Å²) in [4.78, 5) is 18.7. The predicted molar refractivity (Wildman–Crippen MR) is 156 cm³/mol. The molecule has 198 valence electrons. The largest absolute Gasteiger partial charge is 0.465 e. The fraction of sp³-hybridized carbons (Fsp3) is 0.0938. The number of nitrogens with one attached hydrogen (secondary N) is 1. The molecule has 1 aliphatic heterocycles. The number of methoxy groups -OCH3 is 1. The fourth-order valence-corrected chi connectivity index (χ4v) is 5.15. The Hall–Kier alpha value is -4.95. The second-order valence-corrected chi connectivity index (χ2v) is 9.57. The Morgan fingerprint density at radius 3 is 2.42 bits per heavy atom. The van der Waals surface area contributed by atoms with Gasteiger partial charge < -0.3 is 24.1 Å². The third kappa shape index (κ3) is 5.04. The average molecular weight is 548 g/mol. The van der Waals surface area contributed by atoms with Gasteiger partial charge in [0, 0.05) is 17.4 Å². The normalized spacial score (nSPS) is 16.4. The summed E-state index contributed by atoms with van der Waals surface area (Å²) in [5.41, 5.74) is 2.94. The van der Waals surface area contributed by atoms with E-state index in [4.69, 9.17) is 26.1 Å². The molecule has 6 rings (SSSR count). The minimum Gasteiger partial charge on any atom is -0.465 e. The van der Waals surface area contributed by atoms with Crippen LogP contribution in [-0.2, 0) is 4.74 Å². The first-order valence-electron chi connectivity index (χ1n) is 12.7. The summed E-state index contributed by atoms with van der Waals surface area (Å²) in [7, 11) is 1.36. The summed E-state index contributed by atoms with van der Waals surface area (Å²) >= 11 is 5.84. The topological polar surface area (TPSA) is 76.8 Å². The van der Waals surface area contributed by atoms with E-state index in [9.17, 15) is 4.79 Å². The number of para-hydroxylation sites is 1. The summed E-state index contributed by atoms with van der Waals surface area (Å²) in [6.45, 7) is 0. The molecule has 0 aliphatic carbocycles. The second kappa shape index (κ2) is 11.0. The Bertz CT molecular complexity index is 1640. The molecule has 2 unspecified atom stereocenters. The lowest BCUT2D eigenvalue weighted by Crippen LogP contribution is -2.29. The summed E-state index contributed by atoms with van der Waals surface area (Å²) < 4.78 is 17.3. The molecule has 0 amide bonds. The van der Waals surface area contributed by atoms with Crippen LogP contribution in [0.5, 0.6) is 11.5 Å². The van der Waals surface area contributed by atoms with Crippen LogP contribution in [0.15, 0.2) is 120 Å². The van der Waals surface area contributed by atoms with E-state index in [-0.39, 0.29) is 12.1 Å². The lowest BCUT2D eigenvalue weighted by molar-refractivity contribution is 0.0601. The van der Waals surface area contributed by atoms with E-state index in [1.54, 1.807) is 24.4 Å². The van der Waals surface area contributed by atoms with Crippen molar-refractivity contribution in [1.82, 2.24) is 10.3 Å². The van der Waals surface area contributed by atoms with Gasteiger partial charge in [-0.05, 0) is 85.0 Å². The number of anilines is 1. The minimum absolute atomic E-state index is 0.255. The van der Waals surface area contributed by atoms with Gasteiger partial charge in [-0.3, -0.25) is 4.98 Å². The van der Waals surface area contributed by atoms with E-state index in [1.807, 2.05) is 95.9 Å². The monoisotopic (exact) mass is 547 g/mol. The number of hydrogen-bond acceptors (Lipinski definition) is 6. The third-order valence-corrected chi connectivity index (χ3v) is 6.99. The van der Waals surface area contributed by atoms with Crippen molar-refractivity contribution in [3.05, 3.63) is 132 Å². The second-order valence-electron chi connectivity index (χ2n) is 9.18. The number of aromatic nitrogens is 1. The highest BCUT2D eigenvalue weighted by molar-refractivity contribution is 7.80. The number of pyridine rings is 1. The molecule has 0 saturated carbocycles.